The third kappa shape index (κ3) is 4.70. The quantitative estimate of drug-likeness (QED) is 0.842. The molecular weight excluding hydrogens is 264 g/mol. The van der Waals surface area contributed by atoms with E-state index in [1.807, 2.05) is 12.1 Å². The van der Waals surface area contributed by atoms with Gasteiger partial charge in [-0.15, -0.1) is 0 Å². The van der Waals surface area contributed by atoms with Gasteiger partial charge in [-0.25, -0.2) is 0 Å². The van der Waals surface area contributed by atoms with Gasteiger partial charge in [0.2, 0.25) is 0 Å². The Morgan fingerprint density at radius 2 is 2.14 bits per heavy atom. The number of nitrogens with zero attached hydrogens (tertiary/aromatic N) is 1. The smallest absolute Gasteiger partial charge is 0.123 e. The van der Waals surface area contributed by atoms with Gasteiger partial charge < -0.3 is 15.2 Å². The summed E-state index contributed by atoms with van der Waals surface area (Å²) in [5, 5.41) is 13.1. The summed E-state index contributed by atoms with van der Waals surface area (Å²) in [6, 6.07) is 8.62. The van der Waals surface area contributed by atoms with Gasteiger partial charge in [0.05, 0.1) is 6.61 Å². The Hall–Kier alpha value is -1.10. The summed E-state index contributed by atoms with van der Waals surface area (Å²) in [4.78, 5) is 2.40. The van der Waals surface area contributed by atoms with Crippen LogP contribution < -0.4 is 10.1 Å². The fourth-order valence-corrected chi connectivity index (χ4v) is 2.87. The van der Waals surface area contributed by atoms with Crippen LogP contribution in [0, 0.1) is 0 Å². The normalized spacial score (nSPS) is 18.7. The van der Waals surface area contributed by atoms with Crippen molar-refractivity contribution in [2.24, 2.45) is 0 Å². The Morgan fingerprint density at radius 1 is 1.38 bits per heavy atom. The van der Waals surface area contributed by atoms with E-state index < -0.39 is 0 Å². The van der Waals surface area contributed by atoms with Gasteiger partial charge in [0.1, 0.15) is 12.4 Å². The fourth-order valence-electron chi connectivity index (χ4n) is 2.87. The molecule has 1 aliphatic rings. The first-order valence-electron chi connectivity index (χ1n) is 7.84. The van der Waals surface area contributed by atoms with Crippen LogP contribution in [0.1, 0.15) is 32.8 Å². The van der Waals surface area contributed by atoms with E-state index in [0.29, 0.717) is 6.04 Å². The number of fused-ring (bicyclic) bond motifs is 1. The number of benzene rings is 1. The molecule has 21 heavy (non-hydrogen) atoms. The largest absolute Gasteiger partial charge is 0.492 e. The second kappa shape index (κ2) is 7.25. The number of ether oxygens (including phenoxy) is 1. The Labute approximate surface area is 128 Å². The van der Waals surface area contributed by atoms with Crippen LogP contribution in [-0.4, -0.2) is 47.9 Å². The first-order chi connectivity index (χ1) is 10.0. The molecule has 2 rings (SSSR count). The Morgan fingerprint density at radius 3 is 2.86 bits per heavy atom. The molecule has 0 aromatic heterocycles. The van der Waals surface area contributed by atoms with Crippen molar-refractivity contribution in [2.75, 3.05) is 26.3 Å². The van der Waals surface area contributed by atoms with E-state index in [2.05, 4.69) is 43.1 Å². The topological polar surface area (TPSA) is 44.7 Å². The Bertz CT molecular complexity index is 450. The minimum atomic E-state index is -0.221. The van der Waals surface area contributed by atoms with Crippen LogP contribution in [0.5, 0.6) is 5.75 Å². The Balaban J connectivity index is 1.94. The molecule has 1 atom stereocenters. The first kappa shape index (κ1) is 16.3. The molecule has 4 heteroatoms. The van der Waals surface area contributed by atoms with Crippen LogP contribution in [0.2, 0.25) is 0 Å². The summed E-state index contributed by atoms with van der Waals surface area (Å²) in [5.41, 5.74) is 1.03. The van der Waals surface area contributed by atoms with E-state index in [1.54, 1.807) is 0 Å². The van der Waals surface area contributed by atoms with Crippen molar-refractivity contribution in [1.82, 2.24) is 10.2 Å². The standard InChI is InChI=1S/C17H28N2O2/c1-14(2)18-17(3,13-20)8-9-19-10-11-21-16-7-5-4-6-15(16)12-19/h4-7,14,18,20H,8-13H2,1-3H3. The zero-order valence-electron chi connectivity index (χ0n) is 13.4. The van der Waals surface area contributed by atoms with E-state index in [9.17, 15) is 5.11 Å². The summed E-state index contributed by atoms with van der Waals surface area (Å²) in [7, 11) is 0. The summed E-state index contributed by atoms with van der Waals surface area (Å²) in [5.74, 6) is 1.00. The summed E-state index contributed by atoms with van der Waals surface area (Å²) >= 11 is 0. The van der Waals surface area contributed by atoms with Crippen LogP contribution in [0.3, 0.4) is 0 Å². The minimum Gasteiger partial charge on any atom is -0.492 e. The van der Waals surface area contributed by atoms with Gasteiger partial charge >= 0.3 is 0 Å². The number of aliphatic hydroxyl groups is 1. The molecule has 1 aromatic rings. The van der Waals surface area contributed by atoms with Crippen LogP contribution in [0.15, 0.2) is 24.3 Å². The van der Waals surface area contributed by atoms with Gasteiger partial charge in [0.25, 0.3) is 0 Å². The summed E-state index contributed by atoms with van der Waals surface area (Å²) in [6.07, 6.45) is 0.920. The molecule has 0 spiro atoms. The van der Waals surface area contributed by atoms with Gasteiger partial charge in [0, 0.05) is 36.8 Å². The molecule has 0 amide bonds. The molecule has 1 heterocycles. The maximum Gasteiger partial charge on any atom is 0.123 e. The SMILES string of the molecule is CC(C)NC(C)(CO)CCN1CCOc2ccccc2C1. The number of hydrogen-bond donors (Lipinski definition) is 2. The molecule has 1 unspecified atom stereocenters. The van der Waals surface area contributed by atoms with Crippen molar-refractivity contribution in [3.63, 3.8) is 0 Å². The molecular formula is C17H28N2O2. The number of nitrogens with one attached hydrogen (secondary N) is 1. The van der Waals surface area contributed by atoms with Crippen molar-refractivity contribution >= 4 is 0 Å². The molecule has 1 aromatic carbocycles. The summed E-state index contributed by atoms with van der Waals surface area (Å²) in [6.45, 7) is 10.0. The van der Waals surface area contributed by atoms with Gasteiger partial charge in [-0.1, -0.05) is 32.0 Å². The van der Waals surface area contributed by atoms with Crippen molar-refractivity contribution in [3.05, 3.63) is 29.8 Å². The van der Waals surface area contributed by atoms with Crippen LogP contribution >= 0.6 is 0 Å². The fraction of sp³-hybridized carbons (Fsp3) is 0.647. The predicted octanol–water partition coefficient (Wildman–Crippen LogP) is 2.02. The number of hydrogen-bond acceptors (Lipinski definition) is 4. The molecule has 0 aliphatic carbocycles. The van der Waals surface area contributed by atoms with Crippen molar-refractivity contribution in [2.45, 2.75) is 45.3 Å². The highest BCUT2D eigenvalue weighted by Gasteiger charge is 2.25. The van der Waals surface area contributed by atoms with E-state index >= 15 is 0 Å². The average Bonchev–Trinajstić information content (AvgIpc) is 2.66. The second-order valence-electron chi connectivity index (χ2n) is 6.50. The monoisotopic (exact) mass is 292 g/mol. The van der Waals surface area contributed by atoms with Crippen molar-refractivity contribution in [1.29, 1.82) is 0 Å². The van der Waals surface area contributed by atoms with Gasteiger partial charge in [-0.2, -0.15) is 0 Å². The molecule has 0 saturated carbocycles. The number of para-hydroxylation sites is 1. The minimum absolute atomic E-state index is 0.159. The van der Waals surface area contributed by atoms with Gasteiger partial charge in [0.15, 0.2) is 0 Å². The molecule has 2 N–H and O–H groups in total. The van der Waals surface area contributed by atoms with Crippen LogP contribution in [-0.2, 0) is 6.54 Å². The van der Waals surface area contributed by atoms with Gasteiger partial charge in [-0.05, 0) is 19.4 Å². The third-order valence-electron chi connectivity index (χ3n) is 4.00. The lowest BCUT2D eigenvalue weighted by atomic mass is 9.97. The van der Waals surface area contributed by atoms with E-state index in [-0.39, 0.29) is 12.1 Å². The van der Waals surface area contributed by atoms with E-state index in [4.69, 9.17) is 4.74 Å². The highest BCUT2D eigenvalue weighted by atomic mass is 16.5. The zero-order valence-corrected chi connectivity index (χ0v) is 13.4. The molecule has 0 radical (unpaired) electrons. The van der Waals surface area contributed by atoms with E-state index in [1.165, 1.54) is 5.56 Å². The third-order valence-corrected chi connectivity index (χ3v) is 4.00. The maximum atomic E-state index is 9.67. The maximum absolute atomic E-state index is 9.67. The van der Waals surface area contributed by atoms with Gasteiger partial charge in [-0.3, -0.25) is 4.90 Å². The molecule has 4 nitrogen and oxygen atoms in total. The molecule has 0 bridgehead atoms. The highest BCUT2D eigenvalue weighted by molar-refractivity contribution is 5.33. The zero-order chi connectivity index (χ0) is 15.3. The Kier molecular flexibility index (Phi) is 5.62. The van der Waals surface area contributed by atoms with E-state index in [0.717, 1.165) is 38.4 Å². The average molecular weight is 292 g/mol. The predicted molar refractivity (Wildman–Crippen MR) is 85.6 cm³/mol. The molecule has 1 aliphatic heterocycles. The molecule has 0 fully saturated rings. The second-order valence-corrected chi connectivity index (χ2v) is 6.50. The lowest BCUT2D eigenvalue weighted by molar-refractivity contribution is 0.133. The number of rotatable bonds is 6. The summed E-state index contributed by atoms with van der Waals surface area (Å²) < 4.78 is 5.79. The number of aliphatic hydroxyl groups excluding tert-OH is 1. The lowest BCUT2D eigenvalue weighted by Gasteiger charge is -2.33. The van der Waals surface area contributed by atoms with Crippen LogP contribution in [0.4, 0.5) is 0 Å². The van der Waals surface area contributed by atoms with Crippen molar-refractivity contribution in [3.8, 4) is 5.75 Å². The highest BCUT2D eigenvalue weighted by Crippen LogP contribution is 2.23. The van der Waals surface area contributed by atoms with Crippen LogP contribution in [0.25, 0.3) is 0 Å². The lowest BCUT2D eigenvalue weighted by Crippen LogP contribution is -2.51. The molecule has 118 valence electrons. The first-order valence-corrected chi connectivity index (χ1v) is 7.84. The molecule has 0 saturated heterocycles. The van der Waals surface area contributed by atoms with Crippen molar-refractivity contribution < 1.29 is 9.84 Å².